The fourth-order valence-corrected chi connectivity index (χ4v) is 2.35. The van der Waals surface area contributed by atoms with Crippen molar-refractivity contribution in [3.05, 3.63) is 41.2 Å². The SMILES string of the molecule is O=C(Nc1ccc(F)c(Cl)c1)[C@H]1CC=CC[C@H]1C(=O)[O-]. The van der Waals surface area contributed by atoms with E-state index in [0.29, 0.717) is 12.1 Å². The van der Waals surface area contributed by atoms with E-state index in [1.54, 1.807) is 12.2 Å². The van der Waals surface area contributed by atoms with Crippen LogP contribution in [0.3, 0.4) is 0 Å². The Balaban J connectivity index is 2.12. The third kappa shape index (κ3) is 3.17. The molecule has 0 bridgehead atoms. The second-order valence-electron chi connectivity index (χ2n) is 4.59. The van der Waals surface area contributed by atoms with E-state index in [2.05, 4.69) is 5.32 Å². The van der Waals surface area contributed by atoms with E-state index in [0.717, 1.165) is 6.07 Å². The summed E-state index contributed by atoms with van der Waals surface area (Å²) >= 11 is 5.62. The molecule has 0 radical (unpaired) electrons. The lowest BCUT2D eigenvalue weighted by molar-refractivity contribution is -0.313. The van der Waals surface area contributed by atoms with Crippen molar-refractivity contribution in [3.63, 3.8) is 0 Å². The monoisotopic (exact) mass is 296 g/mol. The molecule has 0 saturated heterocycles. The van der Waals surface area contributed by atoms with Crippen LogP contribution in [-0.4, -0.2) is 11.9 Å². The Morgan fingerprint density at radius 1 is 1.25 bits per heavy atom. The van der Waals surface area contributed by atoms with E-state index < -0.39 is 29.5 Å². The summed E-state index contributed by atoms with van der Waals surface area (Å²) in [5.41, 5.74) is 0.327. The summed E-state index contributed by atoms with van der Waals surface area (Å²) in [5.74, 6) is -3.82. The fourth-order valence-electron chi connectivity index (χ4n) is 2.17. The van der Waals surface area contributed by atoms with Gasteiger partial charge in [0.1, 0.15) is 5.82 Å². The zero-order valence-electron chi connectivity index (χ0n) is 10.4. The molecule has 1 aliphatic rings. The molecule has 0 unspecified atom stereocenters. The molecule has 0 saturated carbocycles. The summed E-state index contributed by atoms with van der Waals surface area (Å²) in [6.07, 6.45) is 4.09. The van der Waals surface area contributed by atoms with Crippen molar-refractivity contribution in [2.24, 2.45) is 11.8 Å². The first-order valence-electron chi connectivity index (χ1n) is 6.11. The van der Waals surface area contributed by atoms with Crippen molar-refractivity contribution in [1.82, 2.24) is 0 Å². The van der Waals surface area contributed by atoms with Crippen LogP contribution in [0.25, 0.3) is 0 Å². The topological polar surface area (TPSA) is 69.2 Å². The Hall–Kier alpha value is -1.88. The smallest absolute Gasteiger partial charge is 0.228 e. The number of carboxylic acid groups (broad SMARTS) is 1. The van der Waals surface area contributed by atoms with Crippen LogP contribution in [-0.2, 0) is 9.59 Å². The second kappa shape index (κ2) is 6.05. The Kier molecular flexibility index (Phi) is 4.39. The van der Waals surface area contributed by atoms with Crippen LogP contribution in [0.15, 0.2) is 30.4 Å². The lowest BCUT2D eigenvalue weighted by Gasteiger charge is -2.28. The Morgan fingerprint density at radius 2 is 1.90 bits per heavy atom. The molecule has 1 N–H and O–H groups in total. The molecule has 2 atom stereocenters. The number of aliphatic carboxylic acids is 1. The van der Waals surface area contributed by atoms with Crippen LogP contribution in [0.5, 0.6) is 0 Å². The van der Waals surface area contributed by atoms with E-state index in [-0.39, 0.29) is 11.4 Å². The number of carbonyl (C=O) groups is 2. The quantitative estimate of drug-likeness (QED) is 0.864. The van der Waals surface area contributed by atoms with E-state index in [1.807, 2.05) is 0 Å². The molecule has 0 aromatic heterocycles. The van der Waals surface area contributed by atoms with Gasteiger partial charge in [-0.1, -0.05) is 23.8 Å². The molecule has 1 amide bonds. The molecule has 106 valence electrons. The number of allylic oxidation sites excluding steroid dienone is 2. The van der Waals surface area contributed by atoms with Gasteiger partial charge in [-0.15, -0.1) is 0 Å². The minimum absolute atomic E-state index is 0.109. The van der Waals surface area contributed by atoms with E-state index in [1.165, 1.54) is 12.1 Å². The van der Waals surface area contributed by atoms with Crippen LogP contribution in [0.1, 0.15) is 12.8 Å². The number of amides is 1. The molecule has 0 spiro atoms. The highest BCUT2D eigenvalue weighted by molar-refractivity contribution is 6.31. The first kappa shape index (κ1) is 14.5. The zero-order chi connectivity index (χ0) is 14.7. The molecule has 6 heteroatoms. The van der Waals surface area contributed by atoms with Gasteiger partial charge in [-0.3, -0.25) is 4.79 Å². The molecule has 1 aromatic carbocycles. The summed E-state index contributed by atoms with van der Waals surface area (Å²) in [6, 6.07) is 3.78. The molecule has 20 heavy (non-hydrogen) atoms. The van der Waals surface area contributed by atoms with Crippen LogP contribution >= 0.6 is 11.6 Å². The molecule has 1 aromatic rings. The molecular formula is C14H12ClFNO3-. The van der Waals surface area contributed by atoms with Gasteiger partial charge in [-0.05, 0) is 31.0 Å². The van der Waals surface area contributed by atoms with Crippen molar-refractivity contribution < 1.29 is 19.1 Å². The minimum atomic E-state index is -1.24. The fraction of sp³-hybridized carbons (Fsp3) is 0.286. The molecular weight excluding hydrogens is 285 g/mol. The summed E-state index contributed by atoms with van der Waals surface area (Å²) in [5, 5.41) is 13.5. The lowest BCUT2D eigenvalue weighted by Crippen LogP contribution is -2.41. The van der Waals surface area contributed by atoms with Gasteiger partial charge < -0.3 is 15.2 Å². The number of halogens is 2. The average molecular weight is 297 g/mol. The zero-order valence-corrected chi connectivity index (χ0v) is 11.2. The van der Waals surface area contributed by atoms with Crippen molar-refractivity contribution in [2.45, 2.75) is 12.8 Å². The average Bonchev–Trinajstić information content (AvgIpc) is 2.43. The molecule has 2 rings (SSSR count). The number of carboxylic acids is 1. The van der Waals surface area contributed by atoms with Gasteiger partial charge in [0.2, 0.25) is 5.91 Å². The molecule has 0 aliphatic heterocycles. The predicted octanol–water partition coefficient (Wildman–Crippen LogP) is 1.75. The summed E-state index contributed by atoms with van der Waals surface area (Å²) in [6.45, 7) is 0. The van der Waals surface area contributed by atoms with Crippen LogP contribution in [0, 0.1) is 17.7 Å². The predicted molar refractivity (Wildman–Crippen MR) is 70.4 cm³/mol. The maximum atomic E-state index is 13.0. The van der Waals surface area contributed by atoms with E-state index in [4.69, 9.17) is 11.6 Å². The second-order valence-corrected chi connectivity index (χ2v) is 5.00. The maximum absolute atomic E-state index is 13.0. The highest BCUT2D eigenvalue weighted by Gasteiger charge is 2.29. The van der Waals surface area contributed by atoms with Crippen molar-refractivity contribution in [2.75, 3.05) is 5.32 Å². The van der Waals surface area contributed by atoms with Gasteiger partial charge in [0.25, 0.3) is 0 Å². The highest BCUT2D eigenvalue weighted by Crippen LogP contribution is 2.27. The highest BCUT2D eigenvalue weighted by atomic mass is 35.5. The number of hydrogen-bond acceptors (Lipinski definition) is 3. The number of carbonyl (C=O) groups excluding carboxylic acids is 2. The lowest BCUT2D eigenvalue weighted by atomic mass is 9.82. The minimum Gasteiger partial charge on any atom is -0.550 e. The third-order valence-electron chi connectivity index (χ3n) is 3.26. The normalized spacial score (nSPS) is 21.5. The Labute approximate surface area is 120 Å². The van der Waals surface area contributed by atoms with Gasteiger partial charge in [0.15, 0.2) is 0 Å². The van der Waals surface area contributed by atoms with Gasteiger partial charge in [0, 0.05) is 17.6 Å². The Morgan fingerprint density at radius 3 is 2.50 bits per heavy atom. The molecule has 1 aliphatic carbocycles. The first-order chi connectivity index (χ1) is 9.49. The summed E-state index contributed by atoms with van der Waals surface area (Å²) in [7, 11) is 0. The number of anilines is 1. The Bertz CT molecular complexity index is 574. The van der Waals surface area contributed by atoms with Crippen molar-refractivity contribution in [1.29, 1.82) is 0 Å². The van der Waals surface area contributed by atoms with Gasteiger partial charge in [-0.25, -0.2) is 4.39 Å². The van der Waals surface area contributed by atoms with Gasteiger partial charge in [0.05, 0.1) is 10.9 Å². The number of benzene rings is 1. The van der Waals surface area contributed by atoms with Crippen LogP contribution in [0.2, 0.25) is 5.02 Å². The van der Waals surface area contributed by atoms with Crippen LogP contribution in [0.4, 0.5) is 10.1 Å². The van der Waals surface area contributed by atoms with Gasteiger partial charge >= 0.3 is 0 Å². The molecule has 0 heterocycles. The molecule has 0 fully saturated rings. The van der Waals surface area contributed by atoms with Crippen molar-refractivity contribution >= 4 is 29.2 Å². The summed E-state index contributed by atoms with van der Waals surface area (Å²) in [4.78, 5) is 23.1. The third-order valence-corrected chi connectivity index (χ3v) is 3.55. The standard InChI is InChI=1S/C14H13ClFNO3/c15-11-7-8(5-6-12(11)16)17-13(18)9-3-1-2-4-10(9)14(19)20/h1-2,5-7,9-10H,3-4H2,(H,17,18)(H,19,20)/p-1/t9-,10+/m0/s1. The van der Waals surface area contributed by atoms with Crippen molar-refractivity contribution in [3.8, 4) is 0 Å². The van der Waals surface area contributed by atoms with E-state index in [9.17, 15) is 19.1 Å². The van der Waals surface area contributed by atoms with Gasteiger partial charge in [-0.2, -0.15) is 0 Å². The largest absolute Gasteiger partial charge is 0.550 e. The number of hydrogen-bond donors (Lipinski definition) is 1. The first-order valence-corrected chi connectivity index (χ1v) is 6.48. The number of nitrogens with one attached hydrogen (secondary N) is 1. The van der Waals surface area contributed by atoms with Crippen LogP contribution < -0.4 is 10.4 Å². The summed E-state index contributed by atoms with van der Waals surface area (Å²) < 4.78 is 13.0. The molecule has 4 nitrogen and oxygen atoms in total. The number of rotatable bonds is 3. The maximum Gasteiger partial charge on any atom is 0.228 e. The van der Waals surface area contributed by atoms with E-state index >= 15 is 0 Å².